The van der Waals surface area contributed by atoms with Gasteiger partial charge in [0.2, 0.25) is 5.95 Å². The maximum atomic E-state index is 12.7. The minimum absolute atomic E-state index is 0.102. The van der Waals surface area contributed by atoms with Gasteiger partial charge in [0.1, 0.15) is 5.02 Å². The lowest BCUT2D eigenvalue weighted by Gasteiger charge is -2.30. The summed E-state index contributed by atoms with van der Waals surface area (Å²) in [6.07, 6.45) is 3.04. The molecule has 1 aliphatic rings. The molecule has 3 heterocycles. The number of hydrogen-bond donors (Lipinski definition) is 2. The van der Waals surface area contributed by atoms with E-state index >= 15 is 0 Å². The highest BCUT2D eigenvalue weighted by Gasteiger charge is 2.20. The third-order valence-electron chi connectivity index (χ3n) is 6.17. The number of aryl methyl sites for hydroxylation is 1. The highest BCUT2D eigenvalue weighted by molar-refractivity contribution is 6.32. The predicted molar refractivity (Wildman–Crippen MR) is 134 cm³/mol. The van der Waals surface area contributed by atoms with Crippen LogP contribution in [0, 0.1) is 5.92 Å². The molecule has 1 aliphatic heterocycles. The summed E-state index contributed by atoms with van der Waals surface area (Å²) in [5.41, 5.74) is 1.16. The van der Waals surface area contributed by atoms with E-state index < -0.39 is 6.10 Å². The van der Waals surface area contributed by atoms with Gasteiger partial charge in [0.25, 0.3) is 11.5 Å². The number of nitrogens with zero attached hydrogens (tertiary/aromatic N) is 4. The van der Waals surface area contributed by atoms with Crippen LogP contribution in [-0.2, 0) is 11.8 Å². The molecular formula is C24H29ClN6O3. The van der Waals surface area contributed by atoms with Gasteiger partial charge in [-0.05, 0) is 49.9 Å². The molecule has 1 amide bonds. The number of ether oxygens (including phenoxy) is 1. The second-order valence-electron chi connectivity index (χ2n) is 8.68. The molecule has 0 unspecified atom stereocenters. The Hall–Kier alpha value is -3.33. The Balaban J connectivity index is 1.63. The minimum Gasteiger partial charge on any atom is -0.475 e. The first-order chi connectivity index (χ1) is 16.3. The van der Waals surface area contributed by atoms with Crippen LogP contribution >= 0.6 is 11.6 Å². The van der Waals surface area contributed by atoms with Gasteiger partial charge in [0.05, 0.1) is 11.7 Å². The van der Waals surface area contributed by atoms with Crippen LogP contribution in [0.5, 0.6) is 5.75 Å². The number of aromatic nitrogens is 3. The summed E-state index contributed by atoms with van der Waals surface area (Å²) in [5, 5.41) is 6.97. The summed E-state index contributed by atoms with van der Waals surface area (Å²) in [4.78, 5) is 35.8. The molecule has 1 atom stereocenters. The molecule has 0 bridgehead atoms. The van der Waals surface area contributed by atoms with Crippen LogP contribution in [0.2, 0.25) is 5.02 Å². The quantitative estimate of drug-likeness (QED) is 0.552. The van der Waals surface area contributed by atoms with E-state index in [0.717, 1.165) is 42.5 Å². The number of hydrogen-bond acceptors (Lipinski definition) is 7. The second kappa shape index (κ2) is 9.89. The number of rotatable bonds is 6. The molecule has 0 radical (unpaired) electrons. The van der Waals surface area contributed by atoms with Gasteiger partial charge in [0.15, 0.2) is 17.7 Å². The van der Waals surface area contributed by atoms with Crippen molar-refractivity contribution < 1.29 is 9.53 Å². The lowest BCUT2D eigenvalue weighted by atomic mass is 10.00. The van der Waals surface area contributed by atoms with Crippen molar-refractivity contribution in [3.05, 3.63) is 45.8 Å². The zero-order valence-corrected chi connectivity index (χ0v) is 20.5. The number of piperidine rings is 1. The topological polar surface area (TPSA) is 101 Å². The molecule has 0 spiro atoms. The van der Waals surface area contributed by atoms with Crippen LogP contribution in [0.1, 0.15) is 26.7 Å². The number of halogens is 1. The van der Waals surface area contributed by atoms with Crippen LogP contribution < -0.4 is 25.8 Å². The third-order valence-corrected chi connectivity index (χ3v) is 6.45. The Labute approximate surface area is 203 Å². The standard InChI is InChI=1S/C24H29ClN6O3/c1-14-7-9-31(10-8-14)24-27-13-18(25)21(29-24)28-17-5-6-19-16(11-17)12-20(23(33)30(19)4)34-15(2)22(32)26-3/h5-6,11-15H,7-10H2,1-4H3,(H,26,32)(H,27,28,29)/t15-/m0/s1. The molecule has 180 valence electrons. The number of benzene rings is 1. The highest BCUT2D eigenvalue weighted by atomic mass is 35.5. The van der Waals surface area contributed by atoms with E-state index in [1.54, 1.807) is 26.2 Å². The van der Waals surface area contributed by atoms with Crippen LogP contribution in [-0.4, -0.2) is 46.7 Å². The molecule has 34 heavy (non-hydrogen) atoms. The molecule has 0 aliphatic carbocycles. The van der Waals surface area contributed by atoms with Crippen molar-refractivity contribution in [1.29, 1.82) is 0 Å². The molecule has 9 nitrogen and oxygen atoms in total. The third kappa shape index (κ3) is 4.94. The number of likely N-dealkylation sites (N-methyl/N-ethyl adjacent to an activating group) is 1. The maximum absolute atomic E-state index is 12.7. The average Bonchev–Trinajstić information content (AvgIpc) is 2.83. The summed E-state index contributed by atoms with van der Waals surface area (Å²) >= 11 is 6.39. The van der Waals surface area contributed by atoms with E-state index in [-0.39, 0.29) is 17.2 Å². The summed E-state index contributed by atoms with van der Waals surface area (Å²) in [6, 6.07) is 7.22. The minimum atomic E-state index is -0.799. The number of anilines is 3. The monoisotopic (exact) mass is 484 g/mol. The Morgan fingerprint density at radius 1 is 1.26 bits per heavy atom. The van der Waals surface area contributed by atoms with Gasteiger partial charge in [-0.2, -0.15) is 4.98 Å². The van der Waals surface area contributed by atoms with Crippen LogP contribution in [0.15, 0.2) is 35.3 Å². The fourth-order valence-electron chi connectivity index (χ4n) is 4.01. The molecule has 3 aromatic rings. The predicted octanol–water partition coefficient (Wildman–Crippen LogP) is 3.48. The van der Waals surface area contributed by atoms with Gasteiger partial charge in [0, 0.05) is 38.3 Å². The van der Waals surface area contributed by atoms with Gasteiger partial charge in [-0.1, -0.05) is 18.5 Å². The van der Waals surface area contributed by atoms with Crippen molar-refractivity contribution in [1.82, 2.24) is 19.9 Å². The summed E-state index contributed by atoms with van der Waals surface area (Å²) in [5.74, 6) is 1.67. The number of fused-ring (bicyclic) bond motifs is 1. The van der Waals surface area contributed by atoms with Crippen molar-refractivity contribution in [3.8, 4) is 5.75 Å². The zero-order valence-electron chi connectivity index (χ0n) is 19.8. The fourth-order valence-corrected chi connectivity index (χ4v) is 4.14. The Kier molecular flexibility index (Phi) is 6.92. The van der Waals surface area contributed by atoms with Crippen LogP contribution in [0.3, 0.4) is 0 Å². The number of carbonyl (C=O) groups is 1. The summed E-state index contributed by atoms with van der Waals surface area (Å²) < 4.78 is 7.14. The van der Waals surface area contributed by atoms with Crippen molar-refractivity contribution in [3.63, 3.8) is 0 Å². The number of carbonyl (C=O) groups excluding carboxylic acids is 1. The lowest BCUT2D eigenvalue weighted by Crippen LogP contribution is -2.35. The normalized spacial score (nSPS) is 15.3. The van der Waals surface area contributed by atoms with Crippen LogP contribution in [0.4, 0.5) is 17.5 Å². The lowest BCUT2D eigenvalue weighted by molar-refractivity contribution is -0.126. The van der Waals surface area contributed by atoms with Gasteiger partial charge in [-0.3, -0.25) is 9.59 Å². The van der Waals surface area contributed by atoms with E-state index in [1.807, 2.05) is 18.2 Å². The maximum Gasteiger partial charge on any atom is 0.293 e. The largest absolute Gasteiger partial charge is 0.475 e. The molecule has 2 aromatic heterocycles. The second-order valence-corrected chi connectivity index (χ2v) is 9.09. The zero-order chi connectivity index (χ0) is 24.4. The highest BCUT2D eigenvalue weighted by Crippen LogP contribution is 2.29. The first kappa shape index (κ1) is 23.8. The van der Waals surface area contributed by atoms with Crippen molar-refractivity contribution in [2.75, 3.05) is 30.4 Å². The Morgan fingerprint density at radius 2 is 2.00 bits per heavy atom. The number of nitrogens with one attached hydrogen (secondary N) is 2. The molecule has 10 heteroatoms. The van der Waals surface area contributed by atoms with E-state index in [2.05, 4.69) is 32.4 Å². The van der Waals surface area contributed by atoms with E-state index in [9.17, 15) is 9.59 Å². The van der Waals surface area contributed by atoms with Gasteiger partial charge < -0.3 is 24.8 Å². The Bertz CT molecular complexity index is 1270. The number of amides is 1. The average molecular weight is 485 g/mol. The van der Waals surface area contributed by atoms with Gasteiger partial charge in [-0.25, -0.2) is 4.98 Å². The fraction of sp³-hybridized carbons (Fsp3) is 0.417. The van der Waals surface area contributed by atoms with Gasteiger partial charge >= 0.3 is 0 Å². The molecule has 2 N–H and O–H groups in total. The Morgan fingerprint density at radius 3 is 2.71 bits per heavy atom. The summed E-state index contributed by atoms with van der Waals surface area (Å²) in [7, 11) is 3.19. The SMILES string of the molecule is CNC(=O)[C@H](C)Oc1cc2cc(Nc3nc(N4CCC(C)CC4)ncc3Cl)ccc2n(C)c1=O. The first-order valence-corrected chi connectivity index (χ1v) is 11.7. The van der Waals surface area contributed by atoms with E-state index in [4.69, 9.17) is 16.3 Å². The van der Waals surface area contributed by atoms with E-state index in [0.29, 0.717) is 22.7 Å². The van der Waals surface area contributed by atoms with Crippen molar-refractivity contribution >= 4 is 45.9 Å². The molecule has 0 saturated carbocycles. The van der Waals surface area contributed by atoms with E-state index in [1.165, 1.54) is 11.6 Å². The van der Waals surface area contributed by atoms with Gasteiger partial charge in [-0.15, -0.1) is 0 Å². The molecule has 4 rings (SSSR count). The van der Waals surface area contributed by atoms with Crippen LogP contribution in [0.25, 0.3) is 10.9 Å². The molecule has 1 fully saturated rings. The number of pyridine rings is 1. The summed E-state index contributed by atoms with van der Waals surface area (Å²) in [6.45, 7) is 5.70. The van der Waals surface area contributed by atoms with Crippen molar-refractivity contribution in [2.45, 2.75) is 32.8 Å². The first-order valence-electron chi connectivity index (χ1n) is 11.3. The van der Waals surface area contributed by atoms with Crippen molar-refractivity contribution in [2.24, 2.45) is 13.0 Å². The molecule has 1 aromatic carbocycles. The molecular weight excluding hydrogens is 456 g/mol. The molecule has 1 saturated heterocycles. The smallest absolute Gasteiger partial charge is 0.293 e.